The second kappa shape index (κ2) is 6.60. The molecule has 0 saturated carbocycles. The zero-order valence-corrected chi connectivity index (χ0v) is 14.9. The maximum atomic E-state index is 12.5. The van der Waals surface area contributed by atoms with Gasteiger partial charge in [0.15, 0.2) is 0 Å². The summed E-state index contributed by atoms with van der Waals surface area (Å²) in [5, 5.41) is 15.2. The summed E-state index contributed by atoms with van der Waals surface area (Å²) in [6.45, 7) is 1.62. The van der Waals surface area contributed by atoms with Crippen molar-refractivity contribution in [1.82, 2.24) is 9.78 Å². The first kappa shape index (κ1) is 17.6. The lowest BCUT2D eigenvalue weighted by atomic mass is 10.0. The highest BCUT2D eigenvalue weighted by molar-refractivity contribution is 7.92. The Labute approximate surface area is 150 Å². The van der Waals surface area contributed by atoms with Crippen molar-refractivity contribution in [1.29, 1.82) is 0 Å². The summed E-state index contributed by atoms with van der Waals surface area (Å²) in [6, 6.07) is 12.8. The maximum Gasteiger partial charge on any atom is 0.277 e. The number of sulfonamides is 1. The number of nitrogens with one attached hydrogen (secondary N) is 1. The minimum Gasteiger partial charge on any atom is -0.280 e. The molecule has 1 aromatic heterocycles. The van der Waals surface area contributed by atoms with Crippen LogP contribution in [0, 0.1) is 17.0 Å². The van der Waals surface area contributed by atoms with Crippen LogP contribution in [0.15, 0.2) is 59.6 Å². The molecular formula is C17H16N4O4S. The number of para-hydroxylation sites is 1. The average molecular weight is 372 g/mol. The molecule has 0 aliphatic heterocycles. The molecule has 3 aromatic rings. The lowest BCUT2D eigenvalue weighted by molar-refractivity contribution is -0.384. The molecule has 8 nitrogen and oxygen atoms in total. The fourth-order valence-corrected chi connectivity index (χ4v) is 3.92. The van der Waals surface area contributed by atoms with Crippen molar-refractivity contribution in [3.63, 3.8) is 0 Å². The van der Waals surface area contributed by atoms with Crippen LogP contribution in [-0.4, -0.2) is 23.1 Å². The number of aryl methyl sites for hydroxylation is 2. The lowest BCUT2D eigenvalue weighted by Gasteiger charge is -2.08. The fraction of sp³-hybridized carbons (Fsp3) is 0.118. The molecule has 0 atom stereocenters. The largest absolute Gasteiger partial charge is 0.280 e. The first-order valence-corrected chi connectivity index (χ1v) is 9.13. The van der Waals surface area contributed by atoms with E-state index in [4.69, 9.17) is 0 Å². The van der Waals surface area contributed by atoms with E-state index in [1.54, 1.807) is 56.4 Å². The van der Waals surface area contributed by atoms with E-state index >= 15 is 0 Å². The van der Waals surface area contributed by atoms with E-state index in [1.165, 1.54) is 16.9 Å². The predicted molar refractivity (Wildman–Crippen MR) is 97.3 cm³/mol. The lowest BCUT2D eigenvalue weighted by Crippen LogP contribution is -2.13. The molecule has 0 saturated heterocycles. The van der Waals surface area contributed by atoms with Crippen molar-refractivity contribution in [2.45, 2.75) is 11.8 Å². The summed E-state index contributed by atoms with van der Waals surface area (Å²) < 4.78 is 28.9. The third-order valence-corrected chi connectivity index (χ3v) is 5.29. The van der Waals surface area contributed by atoms with Gasteiger partial charge in [-0.2, -0.15) is 5.10 Å². The molecule has 0 amide bonds. The summed E-state index contributed by atoms with van der Waals surface area (Å²) >= 11 is 0. The molecule has 3 rings (SSSR count). The van der Waals surface area contributed by atoms with Gasteiger partial charge in [-0.25, -0.2) is 8.42 Å². The van der Waals surface area contributed by atoms with Gasteiger partial charge in [0.05, 0.1) is 16.2 Å². The third kappa shape index (κ3) is 3.42. The molecule has 0 aliphatic carbocycles. The van der Waals surface area contributed by atoms with Crippen molar-refractivity contribution in [3.8, 4) is 11.1 Å². The van der Waals surface area contributed by atoms with Gasteiger partial charge in [0.25, 0.3) is 15.7 Å². The Balaban J connectivity index is 1.89. The van der Waals surface area contributed by atoms with Crippen LogP contribution in [0.5, 0.6) is 0 Å². The molecule has 9 heteroatoms. The van der Waals surface area contributed by atoms with E-state index in [1.807, 2.05) is 0 Å². The van der Waals surface area contributed by atoms with E-state index in [0.29, 0.717) is 22.5 Å². The van der Waals surface area contributed by atoms with E-state index in [0.717, 1.165) is 0 Å². The van der Waals surface area contributed by atoms with Gasteiger partial charge >= 0.3 is 0 Å². The number of hydrogen-bond acceptors (Lipinski definition) is 5. The van der Waals surface area contributed by atoms with Gasteiger partial charge in [-0.05, 0) is 30.7 Å². The van der Waals surface area contributed by atoms with Gasteiger partial charge in [-0.3, -0.25) is 19.5 Å². The number of anilines is 1. The third-order valence-electron chi connectivity index (χ3n) is 3.81. The maximum absolute atomic E-state index is 12.5. The van der Waals surface area contributed by atoms with Gasteiger partial charge in [-0.15, -0.1) is 0 Å². The molecule has 1 N–H and O–H groups in total. The molecule has 0 aliphatic rings. The van der Waals surface area contributed by atoms with Gasteiger partial charge < -0.3 is 0 Å². The standard InChI is InChI=1S/C17H16N4O4S/c1-12-17(11-20(2)18-12)26(24,25)19-14-9-7-13(8-10-14)15-5-3-4-6-16(15)21(22)23/h3-11,19H,1-2H3. The highest BCUT2D eigenvalue weighted by Gasteiger charge is 2.20. The zero-order valence-electron chi connectivity index (χ0n) is 14.1. The Kier molecular flexibility index (Phi) is 4.47. The van der Waals surface area contributed by atoms with E-state index in [2.05, 4.69) is 9.82 Å². The molecule has 134 valence electrons. The fourth-order valence-electron chi connectivity index (χ4n) is 2.65. The smallest absolute Gasteiger partial charge is 0.277 e. The van der Waals surface area contributed by atoms with Gasteiger partial charge in [0.1, 0.15) is 4.90 Å². The first-order chi connectivity index (χ1) is 12.3. The molecule has 26 heavy (non-hydrogen) atoms. The quantitative estimate of drug-likeness (QED) is 0.547. The SMILES string of the molecule is Cc1nn(C)cc1S(=O)(=O)Nc1ccc(-c2ccccc2[N+](=O)[O-])cc1. The molecule has 0 bridgehead atoms. The Morgan fingerprint density at radius 2 is 1.77 bits per heavy atom. The van der Waals surface area contributed by atoms with Crippen LogP contribution < -0.4 is 4.72 Å². The van der Waals surface area contributed by atoms with Crippen LogP contribution in [0.1, 0.15) is 5.69 Å². The number of nitrogens with zero attached hydrogens (tertiary/aromatic N) is 3. The molecule has 2 aromatic carbocycles. The van der Waals surface area contributed by atoms with Crippen molar-refractivity contribution in [2.75, 3.05) is 4.72 Å². The van der Waals surface area contributed by atoms with E-state index < -0.39 is 14.9 Å². The number of rotatable bonds is 5. The number of aromatic nitrogens is 2. The summed E-state index contributed by atoms with van der Waals surface area (Å²) in [4.78, 5) is 10.8. The van der Waals surface area contributed by atoms with Crippen LogP contribution in [0.2, 0.25) is 0 Å². The van der Waals surface area contributed by atoms with Crippen LogP contribution in [0.25, 0.3) is 11.1 Å². The van der Waals surface area contributed by atoms with Gasteiger partial charge in [0.2, 0.25) is 0 Å². The van der Waals surface area contributed by atoms with Crippen LogP contribution in [-0.2, 0) is 17.1 Å². The number of benzene rings is 2. The summed E-state index contributed by atoms with van der Waals surface area (Å²) in [7, 11) is -2.12. The first-order valence-electron chi connectivity index (χ1n) is 7.65. The average Bonchev–Trinajstić information content (AvgIpc) is 2.94. The Hall–Kier alpha value is -3.20. The Bertz CT molecular complexity index is 1070. The number of nitro benzene ring substituents is 1. The molecule has 0 unspecified atom stereocenters. The van der Waals surface area contributed by atoms with Crippen LogP contribution in [0.4, 0.5) is 11.4 Å². The highest BCUT2D eigenvalue weighted by Crippen LogP contribution is 2.30. The number of hydrogen-bond donors (Lipinski definition) is 1. The molecule has 1 heterocycles. The van der Waals surface area contributed by atoms with Crippen LogP contribution in [0.3, 0.4) is 0 Å². The summed E-state index contributed by atoms with van der Waals surface area (Å²) in [6.07, 6.45) is 1.43. The molecule has 0 spiro atoms. The van der Waals surface area contributed by atoms with E-state index in [9.17, 15) is 18.5 Å². The summed E-state index contributed by atoms with van der Waals surface area (Å²) in [5.74, 6) is 0. The van der Waals surface area contributed by atoms with Crippen LogP contribution >= 0.6 is 0 Å². The Morgan fingerprint density at radius 3 is 2.35 bits per heavy atom. The molecule has 0 fully saturated rings. The summed E-state index contributed by atoms with van der Waals surface area (Å²) in [5.41, 5.74) is 1.84. The molecule has 0 radical (unpaired) electrons. The van der Waals surface area contributed by atoms with Crippen molar-refractivity contribution in [3.05, 3.63) is 70.5 Å². The predicted octanol–water partition coefficient (Wildman–Crippen LogP) is 3.10. The normalized spacial score (nSPS) is 11.3. The van der Waals surface area contributed by atoms with Crippen molar-refractivity contribution < 1.29 is 13.3 Å². The second-order valence-electron chi connectivity index (χ2n) is 5.71. The minimum atomic E-state index is -3.76. The van der Waals surface area contributed by atoms with Crippen molar-refractivity contribution in [2.24, 2.45) is 7.05 Å². The highest BCUT2D eigenvalue weighted by atomic mass is 32.2. The Morgan fingerprint density at radius 1 is 1.12 bits per heavy atom. The monoisotopic (exact) mass is 372 g/mol. The number of nitro groups is 1. The second-order valence-corrected chi connectivity index (χ2v) is 7.36. The van der Waals surface area contributed by atoms with E-state index in [-0.39, 0.29) is 10.6 Å². The zero-order chi connectivity index (χ0) is 18.9. The van der Waals surface area contributed by atoms with Gasteiger partial charge in [0, 0.05) is 25.0 Å². The minimum absolute atomic E-state index is 0.00758. The topological polar surface area (TPSA) is 107 Å². The van der Waals surface area contributed by atoms with Crippen molar-refractivity contribution >= 4 is 21.4 Å². The molecular weight excluding hydrogens is 356 g/mol. The van der Waals surface area contributed by atoms with Gasteiger partial charge in [-0.1, -0.05) is 24.3 Å².